The number of pyridine rings is 2. The number of benzene rings is 2. The number of nitrogens with two attached hydrogens (primary N) is 1. The molecule has 0 aliphatic rings. The highest BCUT2D eigenvalue weighted by atomic mass is 35.5. The molecule has 0 saturated heterocycles. The summed E-state index contributed by atoms with van der Waals surface area (Å²) < 4.78 is 11.2. The number of halogens is 2. The van der Waals surface area contributed by atoms with Gasteiger partial charge in [-0.05, 0) is 49.2 Å². The minimum Gasteiger partial charge on any atom is -0.455 e. The summed E-state index contributed by atoms with van der Waals surface area (Å²) in [6.07, 6.45) is 6.19. The maximum Gasteiger partial charge on any atom is 0.269 e. The van der Waals surface area contributed by atoms with Gasteiger partial charge in [-0.15, -0.1) is 0 Å². The number of nitrogen functional groups attached to an aromatic ring is 1. The molecule has 0 aliphatic carbocycles. The Morgan fingerprint density at radius 1 is 0.794 bits per heavy atom. The molecular formula is C24H20Cl2N4O4. The Kier molecular flexibility index (Phi) is 8.24. The van der Waals surface area contributed by atoms with Gasteiger partial charge in [-0.25, -0.2) is 0 Å². The van der Waals surface area contributed by atoms with E-state index in [1.54, 1.807) is 43.6 Å². The Balaban J connectivity index is 0.000000192. The average Bonchev–Trinajstić information content (AvgIpc) is 2.78. The molecule has 174 valence electrons. The van der Waals surface area contributed by atoms with Crippen LogP contribution in [0.25, 0.3) is 0 Å². The van der Waals surface area contributed by atoms with E-state index in [-0.39, 0.29) is 5.69 Å². The second kappa shape index (κ2) is 11.3. The second-order valence-electron chi connectivity index (χ2n) is 7.11. The molecule has 0 bridgehead atoms. The van der Waals surface area contributed by atoms with Crippen LogP contribution in [-0.4, -0.2) is 14.9 Å². The number of nitrogens with zero attached hydrogens (tertiary/aromatic N) is 3. The van der Waals surface area contributed by atoms with E-state index in [0.29, 0.717) is 38.5 Å². The summed E-state index contributed by atoms with van der Waals surface area (Å²) in [6, 6.07) is 13.2. The van der Waals surface area contributed by atoms with Gasteiger partial charge in [-0.3, -0.25) is 20.1 Å². The zero-order valence-corrected chi connectivity index (χ0v) is 19.7. The standard InChI is InChI=1S/C12H9ClN2O3.C12H11ClN2O/c1-8-4-10(15(16)17)2-3-12(8)18-11-5-9(13)6-14-7-11;1-8-4-10(14)2-3-12(8)16-11-5-9(13)6-15-7-11/h2-7H,1H3;2-7H,14H2,1H3. The fourth-order valence-electron chi connectivity index (χ4n) is 2.80. The second-order valence-corrected chi connectivity index (χ2v) is 7.99. The molecule has 0 atom stereocenters. The van der Waals surface area contributed by atoms with Gasteiger partial charge in [-0.2, -0.15) is 0 Å². The number of hydrogen-bond donors (Lipinski definition) is 1. The van der Waals surface area contributed by atoms with Crippen LogP contribution in [0, 0.1) is 24.0 Å². The van der Waals surface area contributed by atoms with Crippen molar-refractivity contribution in [3.05, 3.63) is 105 Å². The molecule has 4 aromatic rings. The number of non-ortho nitro benzene ring substituents is 1. The van der Waals surface area contributed by atoms with Crippen molar-refractivity contribution in [2.24, 2.45) is 0 Å². The summed E-state index contributed by atoms with van der Waals surface area (Å²) in [6.45, 7) is 3.67. The van der Waals surface area contributed by atoms with Gasteiger partial charge in [-0.1, -0.05) is 23.2 Å². The number of aromatic nitrogens is 2. The predicted octanol–water partition coefficient (Wildman–Crippen LogP) is 7.16. The molecule has 8 nitrogen and oxygen atoms in total. The first-order valence-corrected chi connectivity index (χ1v) is 10.6. The molecule has 0 amide bonds. The third-order valence-electron chi connectivity index (χ3n) is 4.38. The lowest BCUT2D eigenvalue weighted by Gasteiger charge is -2.08. The van der Waals surface area contributed by atoms with Gasteiger partial charge in [0, 0.05) is 42.3 Å². The van der Waals surface area contributed by atoms with E-state index in [1.165, 1.54) is 24.5 Å². The van der Waals surface area contributed by atoms with Gasteiger partial charge in [0.05, 0.1) is 27.4 Å². The van der Waals surface area contributed by atoms with Crippen molar-refractivity contribution in [3.63, 3.8) is 0 Å². The lowest BCUT2D eigenvalue weighted by Crippen LogP contribution is -1.92. The predicted molar refractivity (Wildman–Crippen MR) is 132 cm³/mol. The van der Waals surface area contributed by atoms with E-state index >= 15 is 0 Å². The third-order valence-corrected chi connectivity index (χ3v) is 4.80. The molecule has 0 unspecified atom stereocenters. The van der Waals surface area contributed by atoms with E-state index in [9.17, 15) is 10.1 Å². The number of anilines is 1. The fraction of sp³-hybridized carbons (Fsp3) is 0.0833. The van der Waals surface area contributed by atoms with Crippen LogP contribution < -0.4 is 15.2 Å². The Morgan fingerprint density at radius 3 is 1.74 bits per heavy atom. The molecule has 10 heteroatoms. The minimum atomic E-state index is -0.447. The van der Waals surface area contributed by atoms with Gasteiger partial charge in [0.15, 0.2) is 0 Å². The molecule has 0 spiro atoms. The zero-order valence-electron chi connectivity index (χ0n) is 18.2. The first-order valence-electron chi connectivity index (χ1n) is 9.89. The number of aryl methyl sites for hydroxylation is 2. The van der Waals surface area contributed by atoms with E-state index in [0.717, 1.165) is 11.3 Å². The first-order chi connectivity index (χ1) is 16.2. The van der Waals surface area contributed by atoms with Crippen molar-refractivity contribution in [2.75, 3.05) is 5.73 Å². The van der Waals surface area contributed by atoms with Gasteiger partial charge >= 0.3 is 0 Å². The summed E-state index contributed by atoms with van der Waals surface area (Å²) in [5.74, 6) is 2.38. The molecule has 0 fully saturated rings. The van der Waals surface area contributed by atoms with Crippen molar-refractivity contribution in [1.82, 2.24) is 9.97 Å². The van der Waals surface area contributed by atoms with Crippen LogP contribution in [0.15, 0.2) is 73.3 Å². The molecule has 0 aliphatic heterocycles. The summed E-state index contributed by atoms with van der Waals surface area (Å²) in [7, 11) is 0. The number of hydrogen-bond acceptors (Lipinski definition) is 7. The van der Waals surface area contributed by atoms with Crippen LogP contribution >= 0.6 is 23.2 Å². The quantitative estimate of drug-likeness (QED) is 0.176. The van der Waals surface area contributed by atoms with Gasteiger partial charge < -0.3 is 15.2 Å². The molecule has 2 aromatic carbocycles. The molecular weight excluding hydrogens is 479 g/mol. The third kappa shape index (κ3) is 7.06. The molecule has 2 N–H and O–H groups in total. The van der Waals surface area contributed by atoms with Crippen LogP contribution in [0.3, 0.4) is 0 Å². The highest BCUT2D eigenvalue weighted by molar-refractivity contribution is 6.30. The Hall–Kier alpha value is -3.88. The van der Waals surface area contributed by atoms with Crippen molar-refractivity contribution in [1.29, 1.82) is 0 Å². The number of nitro groups is 1. The molecule has 0 radical (unpaired) electrons. The minimum absolute atomic E-state index is 0.0315. The van der Waals surface area contributed by atoms with E-state index < -0.39 is 4.92 Å². The molecule has 2 heterocycles. The zero-order chi connectivity index (χ0) is 24.7. The van der Waals surface area contributed by atoms with Crippen LogP contribution in [0.4, 0.5) is 11.4 Å². The van der Waals surface area contributed by atoms with Gasteiger partial charge in [0.25, 0.3) is 5.69 Å². The van der Waals surface area contributed by atoms with Gasteiger partial charge in [0.2, 0.25) is 0 Å². The molecule has 34 heavy (non-hydrogen) atoms. The van der Waals surface area contributed by atoms with E-state index in [1.807, 2.05) is 19.1 Å². The molecule has 0 saturated carbocycles. The van der Waals surface area contributed by atoms with Crippen molar-refractivity contribution in [2.45, 2.75) is 13.8 Å². The summed E-state index contributed by atoms with van der Waals surface area (Å²) in [5.41, 5.74) is 8.05. The Bertz CT molecular complexity index is 1320. The Labute approximate surface area is 206 Å². The number of ether oxygens (including phenoxy) is 2. The average molecular weight is 499 g/mol. The summed E-state index contributed by atoms with van der Waals surface area (Å²) >= 11 is 11.6. The lowest BCUT2D eigenvalue weighted by atomic mass is 10.2. The van der Waals surface area contributed by atoms with Crippen molar-refractivity contribution in [3.8, 4) is 23.0 Å². The van der Waals surface area contributed by atoms with Crippen LogP contribution in [0.5, 0.6) is 23.0 Å². The SMILES string of the molecule is Cc1cc(N)ccc1Oc1cncc(Cl)c1.Cc1cc([N+](=O)[O-])ccc1Oc1cncc(Cl)c1. The van der Waals surface area contributed by atoms with E-state index in [2.05, 4.69) is 9.97 Å². The van der Waals surface area contributed by atoms with E-state index in [4.69, 9.17) is 38.4 Å². The van der Waals surface area contributed by atoms with Crippen molar-refractivity contribution < 1.29 is 14.4 Å². The highest BCUT2D eigenvalue weighted by Gasteiger charge is 2.09. The smallest absolute Gasteiger partial charge is 0.269 e. The van der Waals surface area contributed by atoms with Crippen molar-refractivity contribution >= 4 is 34.6 Å². The van der Waals surface area contributed by atoms with Crippen LogP contribution in [0.2, 0.25) is 10.0 Å². The van der Waals surface area contributed by atoms with Gasteiger partial charge in [0.1, 0.15) is 23.0 Å². The first kappa shape index (κ1) is 24.8. The summed E-state index contributed by atoms with van der Waals surface area (Å²) in [5, 5.41) is 11.6. The topological polar surface area (TPSA) is 113 Å². The maximum absolute atomic E-state index is 10.6. The Morgan fingerprint density at radius 2 is 1.29 bits per heavy atom. The fourth-order valence-corrected chi connectivity index (χ4v) is 3.13. The lowest BCUT2D eigenvalue weighted by molar-refractivity contribution is -0.384. The maximum atomic E-state index is 10.6. The summed E-state index contributed by atoms with van der Waals surface area (Å²) in [4.78, 5) is 18.0. The normalized spacial score (nSPS) is 10.1. The highest BCUT2D eigenvalue weighted by Crippen LogP contribution is 2.29. The molecule has 2 aromatic heterocycles. The number of nitro benzene ring substituents is 1. The number of rotatable bonds is 5. The van der Waals surface area contributed by atoms with Crippen LogP contribution in [0.1, 0.15) is 11.1 Å². The van der Waals surface area contributed by atoms with Crippen LogP contribution in [-0.2, 0) is 0 Å². The largest absolute Gasteiger partial charge is 0.455 e. The monoisotopic (exact) mass is 498 g/mol. The molecule has 4 rings (SSSR count).